The Morgan fingerprint density at radius 2 is 2.00 bits per heavy atom. The number of hydrogen-bond acceptors (Lipinski definition) is 3. The average Bonchev–Trinajstić information content (AvgIpc) is 2.43. The van der Waals surface area contributed by atoms with Crippen molar-refractivity contribution in [1.29, 1.82) is 0 Å². The van der Waals surface area contributed by atoms with Crippen molar-refractivity contribution in [3.8, 4) is 5.75 Å². The third-order valence-corrected chi connectivity index (χ3v) is 4.04. The third kappa shape index (κ3) is 5.55. The Balaban J connectivity index is 0.00000220. The summed E-state index contributed by atoms with van der Waals surface area (Å²) in [5.74, 6) is -0.305. The number of nitrogens with zero attached hydrogens (tertiary/aromatic N) is 1. The van der Waals surface area contributed by atoms with E-state index in [1.165, 1.54) is 0 Å². The fourth-order valence-corrected chi connectivity index (χ4v) is 2.61. The zero-order valence-corrected chi connectivity index (χ0v) is 13.8. The zero-order valence-electron chi connectivity index (χ0n) is 11.4. The van der Waals surface area contributed by atoms with E-state index in [9.17, 15) is 4.79 Å². The molecule has 118 valence electrons. The van der Waals surface area contributed by atoms with Gasteiger partial charge in [0.1, 0.15) is 12.4 Å². The number of carbonyl (C=O) groups is 1. The van der Waals surface area contributed by atoms with Crippen LogP contribution in [0.2, 0.25) is 10.0 Å². The highest BCUT2D eigenvalue weighted by atomic mass is 35.5. The quantitative estimate of drug-likeness (QED) is 0.878. The standard InChI is InChI=1S/C14H17Cl2NO3.ClH/c15-11-1-2-12(16)13(9-11)20-8-7-17-5-3-10(4-6-17)14(18)19;/h1-2,9-10H,3-8H2,(H,18,19);1H. The van der Waals surface area contributed by atoms with E-state index in [0.29, 0.717) is 35.2 Å². The number of piperidine rings is 1. The Morgan fingerprint density at radius 1 is 1.33 bits per heavy atom. The minimum absolute atomic E-state index is 0. The Kier molecular flexibility index (Phi) is 7.60. The molecule has 0 bridgehead atoms. The van der Waals surface area contributed by atoms with E-state index in [0.717, 1.165) is 19.6 Å². The molecule has 0 amide bonds. The van der Waals surface area contributed by atoms with E-state index < -0.39 is 5.97 Å². The average molecular weight is 355 g/mol. The van der Waals surface area contributed by atoms with Gasteiger partial charge in [-0.1, -0.05) is 23.2 Å². The third-order valence-electron chi connectivity index (χ3n) is 3.50. The van der Waals surface area contributed by atoms with Gasteiger partial charge in [-0.05, 0) is 38.1 Å². The summed E-state index contributed by atoms with van der Waals surface area (Å²) in [6, 6.07) is 5.12. The van der Waals surface area contributed by atoms with Gasteiger partial charge in [-0.3, -0.25) is 9.69 Å². The number of rotatable bonds is 5. The van der Waals surface area contributed by atoms with Crippen LogP contribution in [0.3, 0.4) is 0 Å². The van der Waals surface area contributed by atoms with Crippen LogP contribution in [0.5, 0.6) is 5.75 Å². The molecule has 0 aromatic heterocycles. The van der Waals surface area contributed by atoms with Crippen molar-refractivity contribution in [2.24, 2.45) is 5.92 Å². The van der Waals surface area contributed by atoms with Crippen molar-refractivity contribution in [2.45, 2.75) is 12.8 Å². The van der Waals surface area contributed by atoms with Gasteiger partial charge in [0.2, 0.25) is 0 Å². The normalized spacial score (nSPS) is 16.3. The van der Waals surface area contributed by atoms with Crippen LogP contribution in [0.1, 0.15) is 12.8 Å². The number of ether oxygens (including phenoxy) is 1. The van der Waals surface area contributed by atoms with E-state index in [2.05, 4.69) is 4.90 Å². The van der Waals surface area contributed by atoms with Gasteiger partial charge in [-0.2, -0.15) is 0 Å². The van der Waals surface area contributed by atoms with Crippen LogP contribution in [0.4, 0.5) is 0 Å². The first-order valence-corrected chi connectivity index (χ1v) is 7.35. The second-order valence-corrected chi connectivity index (χ2v) is 5.72. The molecule has 0 saturated carbocycles. The number of halogens is 3. The molecule has 21 heavy (non-hydrogen) atoms. The summed E-state index contributed by atoms with van der Waals surface area (Å²) in [5, 5.41) is 10.1. The molecule has 0 spiro atoms. The summed E-state index contributed by atoms with van der Waals surface area (Å²) < 4.78 is 5.62. The van der Waals surface area contributed by atoms with E-state index in [4.69, 9.17) is 33.0 Å². The predicted octanol–water partition coefficient (Wildman–Crippen LogP) is 3.59. The summed E-state index contributed by atoms with van der Waals surface area (Å²) in [6.07, 6.45) is 1.40. The summed E-state index contributed by atoms with van der Waals surface area (Å²) in [4.78, 5) is 13.1. The minimum Gasteiger partial charge on any atom is -0.491 e. The van der Waals surface area contributed by atoms with Crippen molar-refractivity contribution in [1.82, 2.24) is 4.90 Å². The Bertz CT molecular complexity index is 477. The van der Waals surface area contributed by atoms with Crippen LogP contribution in [0.15, 0.2) is 18.2 Å². The lowest BCUT2D eigenvalue weighted by atomic mass is 9.97. The summed E-state index contributed by atoms with van der Waals surface area (Å²) in [5.41, 5.74) is 0. The van der Waals surface area contributed by atoms with Crippen molar-refractivity contribution < 1.29 is 14.6 Å². The highest BCUT2D eigenvalue weighted by Crippen LogP contribution is 2.27. The first kappa shape index (κ1) is 18.4. The van der Waals surface area contributed by atoms with Crippen LogP contribution >= 0.6 is 35.6 Å². The maximum Gasteiger partial charge on any atom is 0.306 e. The largest absolute Gasteiger partial charge is 0.491 e. The maximum absolute atomic E-state index is 10.9. The molecule has 1 aromatic rings. The highest BCUT2D eigenvalue weighted by Gasteiger charge is 2.24. The Labute approximate surface area is 140 Å². The van der Waals surface area contributed by atoms with Gasteiger partial charge in [-0.15, -0.1) is 12.4 Å². The monoisotopic (exact) mass is 353 g/mol. The Morgan fingerprint density at radius 3 is 2.62 bits per heavy atom. The number of aliphatic carboxylic acids is 1. The van der Waals surface area contributed by atoms with Gasteiger partial charge in [0, 0.05) is 17.6 Å². The molecule has 0 aliphatic carbocycles. The molecule has 2 rings (SSSR count). The van der Waals surface area contributed by atoms with Gasteiger partial charge in [0.15, 0.2) is 0 Å². The first-order valence-electron chi connectivity index (χ1n) is 6.59. The van der Waals surface area contributed by atoms with E-state index in [-0.39, 0.29) is 18.3 Å². The number of carboxylic acid groups (broad SMARTS) is 1. The number of hydrogen-bond donors (Lipinski definition) is 1. The lowest BCUT2D eigenvalue weighted by Crippen LogP contribution is -2.38. The Hall–Kier alpha value is -0.680. The van der Waals surface area contributed by atoms with Crippen LogP contribution in [-0.2, 0) is 4.79 Å². The molecule has 1 aliphatic rings. The molecule has 1 fully saturated rings. The van der Waals surface area contributed by atoms with Crippen molar-refractivity contribution in [3.05, 3.63) is 28.2 Å². The highest BCUT2D eigenvalue weighted by molar-refractivity contribution is 6.34. The van der Waals surface area contributed by atoms with Gasteiger partial charge in [0.05, 0.1) is 10.9 Å². The van der Waals surface area contributed by atoms with Gasteiger partial charge >= 0.3 is 5.97 Å². The summed E-state index contributed by atoms with van der Waals surface area (Å²) >= 11 is 11.9. The fourth-order valence-electron chi connectivity index (χ4n) is 2.28. The van der Waals surface area contributed by atoms with Crippen LogP contribution in [0, 0.1) is 5.92 Å². The second kappa shape index (κ2) is 8.69. The molecule has 0 atom stereocenters. The molecular weight excluding hydrogens is 337 g/mol. The molecule has 0 radical (unpaired) electrons. The SMILES string of the molecule is Cl.O=C(O)C1CCN(CCOc2cc(Cl)ccc2Cl)CC1. The first-order chi connectivity index (χ1) is 9.56. The van der Waals surface area contributed by atoms with Gasteiger partial charge in [-0.25, -0.2) is 0 Å². The maximum atomic E-state index is 10.9. The molecule has 1 heterocycles. The van der Waals surface area contributed by atoms with Crippen molar-refractivity contribution in [2.75, 3.05) is 26.2 Å². The predicted molar refractivity (Wildman–Crippen MR) is 86.0 cm³/mol. The minimum atomic E-state index is -0.688. The smallest absolute Gasteiger partial charge is 0.306 e. The van der Waals surface area contributed by atoms with Crippen LogP contribution in [-0.4, -0.2) is 42.2 Å². The number of benzene rings is 1. The number of likely N-dealkylation sites (tertiary alicyclic amines) is 1. The summed E-state index contributed by atoms with van der Waals surface area (Å²) in [7, 11) is 0. The van der Waals surface area contributed by atoms with Gasteiger partial charge in [0.25, 0.3) is 0 Å². The van der Waals surface area contributed by atoms with Crippen molar-refractivity contribution in [3.63, 3.8) is 0 Å². The van der Waals surface area contributed by atoms with Crippen LogP contribution < -0.4 is 4.74 Å². The lowest BCUT2D eigenvalue weighted by molar-refractivity contribution is -0.143. The molecule has 0 unspecified atom stereocenters. The number of carboxylic acids is 1. The summed E-state index contributed by atoms with van der Waals surface area (Å²) in [6.45, 7) is 2.86. The van der Waals surface area contributed by atoms with Crippen LogP contribution in [0.25, 0.3) is 0 Å². The molecule has 7 heteroatoms. The molecule has 1 aliphatic heterocycles. The molecule has 4 nitrogen and oxygen atoms in total. The van der Waals surface area contributed by atoms with E-state index in [1.54, 1.807) is 18.2 Å². The molecule has 1 saturated heterocycles. The van der Waals surface area contributed by atoms with Crippen molar-refractivity contribution >= 4 is 41.6 Å². The van der Waals surface area contributed by atoms with E-state index in [1.807, 2.05) is 0 Å². The fraction of sp³-hybridized carbons (Fsp3) is 0.500. The lowest BCUT2D eigenvalue weighted by Gasteiger charge is -2.29. The van der Waals surface area contributed by atoms with Gasteiger partial charge < -0.3 is 9.84 Å². The molecule has 1 N–H and O–H groups in total. The molecule has 1 aromatic carbocycles. The van der Waals surface area contributed by atoms with E-state index >= 15 is 0 Å². The topological polar surface area (TPSA) is 49.8 Å². The zero-order chi connectivity index (χ0) is 14.5. The second-order valence-electron chi connectivity index (χ2n) is 4.88. The molecular formula is C14H18Cl3NO3.